The standard InChI is InChI=1S/C8H8N2O3/c9-10(13-8(12)6-11)7-4-2-1-3-5-7/h1-6H,9H2. The molecule has 0 spiro atoms. The molecule has 2 N–H and O–H groups in total. The Morgan fingerprint density at radius 3 is 2.54 bits per heavy atom. The van der Waals surface area contributed by atoms with Crippen molar-refractivity contribution in [2.75, 3.05) is 5.17 Å². The van der Waals surface area contributed by atoms with Crippen LogP contribution in [0.5, 0.6) is 0 Å². The van der Waals surface area contributed by atoms with Crippen LogP contribution in [-0.4, -0.2) is 12.3 Å². The second kappa shape index (κ2) is 4.22. The maximum Gasteiger partial charge on any atom is 0.397 e. The van der Waals surface area contributed by atoms with Gasteiger partial charge in [-0.05, 0) is 12.1 Å². The van der Waals surface area contributed by atoms with Crippen molar-refractivity contribution in [3.05, 3.63) is 30.3 Å². The lowest BCUT2D eigenvalue weighted by molar-refractivity contribution is -0.150. The highest BCUT2D eigenvalue weighted by atomic mass is 16.7. The quantitative estimate of drug-likeness (QED) is 0.307. The molecule has 0 bridgehead atoms. The van der Waals surface area contributed by atoms with E-state index in [2.05, 4.69) is 4.84 Å². The van der Waals surface area contributed by atoms with E-state index >= 15 is 0 Å². The zero-order chi connectivity index (χ0) is 9.68. The van der Waals surface area contributed by atoms with Crippen molar-refractivity contribution in [3.8, 4) is 0 Å². The molecule has 0 atom stereocenters. The molecule has 0 aromatic heterocycles. The van der Waals surface area contributed by atoms with Crippen LogP contribution in [0.15, 0.2) is 30.3 Å². The minimum atomic E-state index is -1.04. The third-order valence-electron chi connectivity index (χ3n) is 1.30. The van der Waals surface area contributed by atoms with Crippen molar-refractivity contribution in [1.82, 2.24) is 0 Å². The summed E-state index contributed by atoms with van der Waals surface area (Å²) in [6.45, 7) is 0. The van der Waals surface area contributed by atoms with Crippen LogP contribution in [0.1, 0.15) is 0 Å². The van der Waals surface area contributed by atoms with Crippen molar-refractivity contribution >= 4 is 17.9 Å². The summed E-state index contributed by atoms with van der Waals surface area (Å²) in [6, 6.07) is 8.52. The molecule has 1 aromatic carbocycles. The van der Waals surface area contributed by atoms with Gasteiger partial charge in [0.2, 0.25) is 6.29 Å². The highest BCUT2D eigenvalue weighted by Crippen LogP contribution is 2.08. The molecule has 0 saturated carbocycles. The number of nitrogens with zero attached hydrogens (tertiary/aromatic N) is 1. The maximum absolute atomic E-state index is 10.5. The number of hydrazine groups is 1. The summed E-state index contributed by atoms with van der Waals surface area (Å²) in [5.41, 5.74) is 0.484. The average molecular weight is 180 g/mol. The molecule has 0 unspecified atom stereocenters. The summed E-state index contributed by atoms with van der Waals surface area (Å²) < 4.78 is 0. The molecule has 0 aliphatic carbocycles. The van der Waals surface area contributed by atoms with Gasteiger partial charge in [-0.25, -0.2) is 10.6 Å². The largest absolute Gasteiger partial charge is 0.397 e. The first-order chi connectivity index (χ1) is 6.24. The smallest absolute Gasteiger partial charge is 0.317 e. The fraction of sp³-hybridized carbons (Fsp3) is 0. The number of nitrogens with two attached hydrogens (primary N) is 1. The molecule has 5 nitrogen and oxygen atoms in total. The first-order valence-corrected chi connectivity index (χ1v) is 3.51. The van der Waals surface area contributed by atoms with Gasteiger partial charge in [-0.2, -0.15) is 0 Å². The molecule has 0 aliphatic rings. The summed E-state index contributed by atoms with van der Waals surface area (Å²) >= 11 is 0. The van der Waals surface area contributed by atoms with Crippen molar-refractivity contribution in [2.45, 2.75) is 0 Å². The summed E-state index contributed by atoms with van der Waals surface area (Å²) in [5.74, 6) is 4.27. The number of hydrogen-bond acceptors (Lipinski definition) is 5. The number of benzene rings is 1. The molecular weight excluding hydrogens is 172 g/mol. The van der Waals surface area contributed by atoms with Gasteiger partial charge in [0.05, 0.1) is 5.69 Å². The van der Waals surface area contributed by atoms with Crippen LogP contribution < -0.4 is 11.0 Å². The molecule has 0 saturated heterocycles. The van der Waals surface area contributed by atoms with E-state index in [9.17, 15) is 9.59 Å². The van der Waals surface area contributed by atoms with E-state index in [1.54, 1.807) is 30.3 Å². The number of hydrogen-bond donors (Lipinski definition) is 1. The van der Waals surface area contributed by atoms with Crippen molar-refractivity contribution < 1.29 is 14.4 Å². The molecule has 0 radical (unpaired) electrons. The van der Waals surface area contributed by atoms with Gasteiger partial charge in [0, 0.05) is 0 Å². The fourth-order valence-electron chi connectivity index (χ4n) is 0.746. The molecule has 1 aromatic rings. The Kier molecular flexibility index (Phi) is 2.99. The van der Waals surface area contributed by atoms with E-state index in [1.165, 1.54) is 0 Å². The Morgan fingerprint density at radius 2 is 2.00 bits per heavy atom. The van der Waals surface area contributed by atoms with E-state index in [1.807, 2.05) is 0 Å². The van der Waals surface area contributed by atoms with Gasteiger partial charge in [-0.15, -0.1) is 5.17 Å². The van der Waals surface area contributed by atoms with Gasteiger partial charge in [-0.3, -0.25) is 4.79 Å². The van der Waals surface area contributed by atoms with Gasteiger partial charge in [0.25, 0.3) is 0 Å². The topological polar surface area (TPSA) is 72.6 Å². The number of carbonyl (C=O) groups excluding carboxylic acids is 2. The normalized spacial score (nSPS) is 9.00. The molecule has 0 amide bonds. The van der Waals surface area contributed by atoms with E-state index in [0.717, 1.165) is 5.17 Å². The summed E-state index contributed by atoms with van der Waals surface area (Å²) in [4.78, 5) is 24.8. The summed E-state index contributed by atoms with van der Waals surface area (Å²) in [7, 11) is 0. The number of anilines is 1. The molecule has 1 rings (SSSR count). The van der Waals surface area contributed by atoms with Crippen LogP contribution in [0.4, 0.5) is 5.69 Å². The van der Waals surface area contributed by atoms with Gasteiger partial charge in [-0.1, -0.05) is 18.2 Å². The predicted molar refractivity (Wildman–Crippen MR) is 45.3 cm³/mol. The second-order valence-electron chi connectivity index (χ2n) is 2.19. The highest BCUT2D eigenvalue weighted by molar-refractivity contribution is 6.20. The van der Waals surface area contributed by atoms with E-state index in [4.69, 9.17) is 5.84 Å². The van der Waals surface area contributed by atoms with E-state index in [-0.39, 0.29) is 6.29 Å². The average Bonchev–Trinajstić information content (AvgIpc) is 2.19. The minimum absolute atomic E-state index is 0.0444. The minimum Gasteiger partial charge on any atom is -0.317 e. The molecular formula is C8H8N2O3. The molecule has 13 heavy (non-hydrogen) atoms. The first-order valence-electron chi connectivity index (χ1n) is 3.51. The summed E-state index contributed by atoms with van der Waals surface area (Å²) in [6.07, 6.45) is 0.0444. The zero-order valence-corrected chi connectivity index (χ0v) is 6.71. The van der Waals surface area contributed by atoms with Crippen LogP contribution in [-0.2, 0) is 14.4 Å². The van der Waals surface area contributed by atoms with Crippen LogP contribution in [0.25, 0.3) is 0 Å². The first kappa shape index (κ1) is 9.21. The number of carbonyl (C=O) groups is 2. The van der Waals surface area contributed by atoms with Gasteiger partial charge < -0.3 is 4.84 Å². The second-order valence-corrected chi connectivity index (χ2v) is 2.19. The lowest BCUT2D eigenvalue weighted by Gasteiger charge is -2.14. The third kappa shape index (κ3) is 2.57. The molecule has 0 aliphatic heterocycles. The van der Waals surface area contributed by atoms with Crippen LogP contribution >= 0.6 is 0 Å². The van der Waals surface area contributed by atoms with Crippen LogP contribution in [0, 0.1) is 0 Å². The van der Waals surface area contributed by atoms with Crippen molar-refractivity contribution in [2.24, 2.45) is 5.84 Å². The van der Waals surface area contributed by atoms with Crippen LogP contribution in [0.2, 0.25) is 0 Å². The fourth-order valence-corrected chi connectivity index (χ4v) is 0.746. The molecule has 5 heteroatoms. The highest BCUT2D eigenvalue weighted by Gasteiger charge is 2.06. The SMILES string of the molecule is NN(OC(=O)C=O)c1ccccc1. The van der Waals surface area contributed by atoms with Crippen LogP contribution in [0.3, 0.4) is 0 Å². The van der Waals surface area contributed by atoms with E-state index < -0.39 is 5.97 Å². The van der Waals surface area contributed by atoms with Crippen molar-refractivity contribution in [3.63, 3.8) is 0 Å². The lowest BCUT2D eigenvalue weighted by Crippen LogP contribution is -2.34. The van der Waals surface area contributed by atoms with Gasteiger partial charge in [0.1, 0.15) is 0 Å². The Hall–Kier alpha value is -1.88. The van der Waals surface area contributed by atoms with Gasteiger partial charge >= 0.3 is 5.97 Å². The monoisotopic (exact) mass is 180 g/mol. The number of aldehydes is 1. The Morgan fingerprint density at radius 1 is 1.38 bits per heavy atom. The molecule has 0 fully saturated rings. The maximum atomic E-state index is 10.5. The van der Waals surface area contributed by atoms with Crippen molar-refractivity contribution in [1.29, 1.82) is 0 Å². The molecule has 0 heterocycles. The Labute approximate surface area is 74.6 Å². The lowest BCUT2D eigenvalue weighted by atomic mass is 10.3. The zero-order valence-electron chi connectivity index (χ0n) is 6.71. The Balaban J connectivity index is 2.63. The third-order valence-corrected chi connectivity index (χ3v) is 1.30. The number of rotatable bonds is 3. The summed E-state index contributed by atoms with van der Waals surface area (Å²) in [5, 5.41) is 0.733. The Bertz CT molecular complexity index is 300. The predicted octanol–water partition coefficient (Wildman–Crippen LogP) is 0.0238. The number of para-hydroxylation sites is 1. The molecule has 68 valence electrons. The van der Waals surface area contributed by atoms with Gasteiger partial charge in [0.15, 0.2) is 0 Å². The van der Waals surface area contributed by atoms with E-state index in [0.29, 0.717) is 5.69 Å².